The van der Waals surface area contributed by atoms with E-state index in [1.165, 1.54) is 17.7 Å². The minimum absolute atomic E-state index is 0.0118. The van der Waals surface area contributed by atoms with Crippen LogP contribution in [-0.4, -0.2) is 148 Å². The first kappa shape index (κ1) is 32.6. The molecule has 1 aliphatic carbocycles. The van der Waals surface area contributed by atoms with Crippen LogP contribution in [0.2, 0.25) is 0 Å². The highest BCUT2D eigenvalue weighted by Crippen LogP contribution is 2.36. The number of piperidine rings is 1. The van der Waals surface area contributed by atoms with E-state index in [4.69, 9.17) is 4.74 Å². The zero-order valence-corrected chi connectivity index (χ0v) is 27.1. The van der Waals surface area contributed by atoms with Gasteiger partial charge in [0.2, 0.25) is 10.0 Å². The highest BCUT2D eigenvalue weighted by atomic mass is 32.2. The lowest BCUT2D eigenvalue weighted by Crippen LogP contribution is -2.53. The summed E-state index contributed by atoms with van der Waals surface area (Å²) in [5, 5.41) is 3.19. The van der Waals surface area contributed by atoms with Gasteiger partial charge in [-0.25, -0.2) is 13.2 Å². The summed E-state index contributed by atoms with van der Waals surface area (Å²) in [6.07, 6.45) is 6.29. The molecule has 3 atom stereocenters. The summed E-state index contributed by atoms with van der Waals surface area (Å²) in [7, 11) is 1.92. The molecular weight excluding hydrogens is 584 g/mol. The zero-order chi connectivity index (χ0) is 31.6. The number of rotatable bonds is 10. The molecule has 3 aliphatic heterocycles. The van der Waals surface area contributed by atoms with Gasteiger partial charge in [0.05, 0.1) is 25.0 Å². The molecular formula is C31H46N6O6S. The van der Waals surface area contributed by atoms with Crippen LogP contribution in [0.25, 0.3) is 6.08 Å². The number of piperazine rings is 1. The Morgan fingerprint density at radius 3 is 2.25 bits per heavy atom. The van der Waals surface area contributed by atoms with Crippen molar-refractivity contribution >= 4 is 33.9 Å². The van der Waals surface area contributed by atoms with Gasteiger partial charge >= 0.3 is 6.09 Å². The summed E-state index contributed by atoms with van der Waals surface area (Å²) < 4.78 is 30.2. The van der Waals surface area contributed by atoms with E-state index in [-0.39, 0.29) is 29.4 Å². The van der Waals surface area contributed by atoms with Crippen molar-refractivity contribution in [2.75, 3.05) is 79.8 Å². The number of likely N-dealkylation sites (N-methyl/N-ethyl adjacent to an activating group) is 1. The zero-order valence-electron chi connectivity index (χ0n) is 26.3. The fourth-order valence-electron chi connectivity index (χ4n) is 7.32. The lowest BCUT2D eigenvalue weighted by atomic mass is 9.85. The standard InChI is InChI=1S/C31H46N6O6S/c1-33(2)28-26-8-6-5-7-22(26)19-27(29(28)38)30(39)32-23-20-24-9-10-25(21-23)37(24)18-15-35(31(40)43-3)14-11-34-12-16-36(17-13-34)44(4,41)42/h5-8,19,23-25,28H,9-18,20-21H2,1-4H3,(H,32,39). The highest BCUT2D eigenvalue weighted by Gasteiger charge is 2.42. The SMILES string of the molecule is COC(=O)N(CCN1CCN(S(C)(=O)=O)CC1)CCN1C2CCC1CC(NC(=O)C1=Cc3ccccc3C(N(C)C)C1=O)C2. The smallest absolute Gasteiger partial charge is 0.409 e. The number of ether oxygens (including phenoxy) is 1. The Morgan fingerprint density at radius 2 is 1.64 bits per heavy atom. The molecule has 0 radical (unpaired) electrons. The Bertz CT molecular complexity index is 1360. The molecule has 12 nitrogen and oxygen atoms in total. The van der Waals surface area contributed by atoms with E-state index in [0.29, 0.717) is 57.9 Å². The number of ketones is 1. The predicted octanol–water partition coefficient (Wildman–Crippen LogP) is 1.01. The van der Waals surface area contributed by atoms with Crippen LogP contribution in [0, 0.1) is 0 Å². The quantitative estimate of drug-likeness (QED) is 0.378. The van der Waals surface area contributed by atoms with Gasteiger partial charge in [0.15, 0.2) is 5.78 Å². The number of hydrogen-bond acceptors (Lipinski definition) is 9. The number of nitrogens with one attached hydrogen (secondary N) is 1. The second kappa shape index (κ2) is 13.7. The van der Waals surface area contributed by atoms with E-state index in [1.54, 1.807) is 11.0 Å². The molecule has 3 unspecified atom stereocenters. The van der Waals surface area contributed by atoms with E-state index >= 15 is 0 Å². The lowest BCUT2D eigenvalue weighted by molar-refractivity contribution is -0.125. The topological polar surface area (TPSA) is 123 Å². The highest BCUT2D eigenvalue weighted by molar-refractivity contribution is 7.88. The normalized spacial score (nSPS) is 26.3. The summed E-state index contributed by atoms with van der Waals surface area (Å²) in [6, 6.07) is 7.83. The number of amides is 2. The van der Waals surface area contributed by atoms with Crippen molar-refractivity contribution in [3.05, 3.63) is 41.0 Å². The molecule has 1 N–H and O–H groups in total. The van der Waals surface area contributed by atoms with Crippen LogP contribution in [0.5, 0.6) is 0 Å². The van der Waals surface area contributed by atoms with Gasteiger partial charge in [-0.2, -0.15) is 4.31 Å². The molecule has 3 saturated heterocycles. The fourth-order valence-corrected chi connectivity index (χ4v) is 8.15. The van der Waals surface area contributed by atoms with E-state index in [9.17, 15) is 22.8 Å². The van der Waals surface area contributed by atoms with Crippen LogP contribution in [0.15, 0.2) is 29.8 Å². The molecule has 0 spiro atoms. The van der Waals surface area contributed by atoms with Crippen LogP contribution in [0.3, 0.4) is 0 Å². The molecule has 2 bridgehead atoms. The van der Waals surface area contributed by atoms with Gasteiger partial charge in [-0.15, -0.1) is 0 Å². The Kier molecular flexibility index (Phi) is 10.1. The second-order valence-corrected chi connectivity index (χ2v) is 14.6. The predicted molar refractivity (Wildman–Crippen MR) is 167 cm³/mol. The lowest BCUT2D eigenvalue weighted by Gasteiger charge is -2.40. The van der Waals surface area contributed by atoms with Gasteiger partial charge in [0.25, 0.3) is 5.91 Å². The van der Waals surface area contributed by atoms with Crippen molar-refractivity contribution in [1.82, 2.24) is 29.2 Å². The Balaban J connectivity index is 1.14. The number of fused-ring (bicyclic) bond motifs is 3. The third kappa shape index (κ3) is 7.17. The second-order valence-electron chi connectivity index (χ2n) is 12.6. The number of benzene rings is 1. The Morgan fingerprint density at radius 1 is 1.00 bits per heavy atom. The first-order valence-electron chi connectivity index (χ1n) is 15.5. The average Bonchev–Trinajstić information content (AvgIpc) is 3.23. The molecule has 44 heavy (non-hydrogen) atoms. The maximum Gasteiger partial charge on any atom is 0.409 e. The maximum atomic E-state index is 13.4. The van der Waals surface area contributed by atoms with E-state index < -0.39 is 16.1 Å². The third-order valence-electron chi connectivity index (χ3n) is 9.63. The molecule has 1 aromatic rings. The van der Waals surface area contributed by atoms with Crippen LogP contribution in [0.1, 0.15) is 42.9 Å². The van der Waals surface area contributed by atoms with Crippen LogP contribution in [0.4, 0.5) is 4.79 Å². The van der Waals surface area contributed by atoms with Crippen molar-refractivity contribution in [3.63, 3.8) is 0 Å². The van der Waals surface area contributed by atoms with E-state index in [1.807, 2.05) is 43.3 Å². The van der Waals surface area contributed by atoms with Crippen LogP contribution in [-0.2, 0) is 24.3 Å². The average molecular weight is 631 g/mol. The molecule has 3 heterocycles. The van der Waals surface area contributed by atoms with E-state index in [2.05, 4.69) is 15.1 Å². The molecule has 242 valence electrons. The minimum atomic E-state index is -3.18. The number of sulfonamides is 1. The molecule has 5 rings (SSSR count). The Hall–Kier alpha value is -2.84. The monoisotopic (exact) mass is 630 g/mol. The molecule has 0 saturated carbocycles. The number of carbonyl (C=O) groups is 3. The largest absolute Gasteiger partial charge is 0.453 e. The molecule has 1 aromatic carbocycles. The first-order chi connectivity index (χ1) is 21.0. The van der Waals surface area contributed by atoms with E-state index in [0.717, 1.165) is 43.4 Å². The van der Waals surface area contributed by atoms with Crippen LogP contribution < -0.4 is 5.32 Å². The van der Waals surface area contributed by atoms with Gasteiger partial charge in [0, 0.05) is 70.5 Å². The van der Waals surface area contributed by atoms with Crippen molar-refractivity contribution in [2.45, 2.75) is 49.9 Å². The summed E-state index contributed by atoms with van der Waals surface area (Å²) >= 11 is 0. The van der Waals surface area contributed by atoms with Crippen molar-refractivity contribution in [3.8, 4) is 0 Å². The summed E-state index contributed by atoms with van der Waals surface area (Å²) in [4.78, 5) is 47.7. The summed E-state index contributed by atoms with van der Waals surface area (Å²) in [6.45, 7) is 4.61. The third-order valence-corrected chi connectivity index (χ3v) is 10.9. The molecule has 4 aliphatic rings. The number of hydrogen-bond donors (Lipinski definition) is 1. The number of Topliss-reactive ketones (excluding diaryl/α,β-unsaturated/α-hetero) is 1. The molecule has 3 fully saturated rings. The summed E-state index contributed by atoms with van der Waals surface area (Å²) in [5.41, 5.74) is 2.03. The van der Waals surface area contributed by atoms with Crippen molar-refractivity contribution in [2.24, 2.45) is 0 Å². The van der Waals surface area contributed by atoms with Crippen LogP contribution >= 0.6 is 0 Å². The molecule has 0 aromatic heterocycles. The van der Waals surface area contributed by atoms with Crippen molar-refractivity contribution < 1.29 is 27.5 Å². The molecule has 13 heteroatoms. The van der Waals surface area contributed by atoms with Gasteiger partial charge in [-0.3, -0.25) is 24.3 Å². The van der Waals surface area contributed by atoms with Gasteiger partial charge in [-0.05, 0) is 57.0 Å². The minimum Gasteiger partial charge on any atom is -0.453 e. The van der Waals surface area contributed by atoms with Gasteiger partial charge in [0.1, 0.15) is 0 Å². The number of nitrogens with zero attached hydrogens (tertiary/aromatic N) is 5. The van der Waals surface area contributed by atoms with Gasteiger partial charge in [-0.1, -0.05) is 24.3 Å². The maximum absolute atomic E-state index is 13.4. The number of carbonyl (C=O) groups excluding carboxylic acids is 3. The molecule has 2 amide bonds. The Labute approximate surface area is 261 Å². The van der Waals surface area contributed by atoms with Crippen molar-refractivity contribution in [1.29, 1.82) is 0 Å². The van der Waals surface area contributed by atoms with Gasteiger partial charge < -0.3 is 15.0 Å². The summed E-state index contributed by atoms with van der Waals surface area (Å²) in [5.74, 6) is -0.477. The number of methoxy groups -OCH3 is 1. The fraction of sp³-hybridized carbons (Fsp3) is 0.645. The first-order valence-corrected chi connectivity index (χ1v) is 17.4.